The van der Waals surface area contributed by atoms with Crippen LogP contribution in [0.5, 0.6) is 0 Å². The summed E-state index contributed by atoms with van der Waals surface area (Å²) in [6, 6.07) is 3.31. The summed E-state index contributed by atoms with van der Waals surface area (Å²) in [6.45, 7) is -0.930. The minimum absolute atomic E-state index is 0.175. The van der Waals surface area contributed by atoms with Crippen molar-refractivity contribution in [2.75, 3.05) is 11.9 Å². The first-order valence-corrected chi connectivity index (χ1v) is 7.73. The van der Waals surface area contributed by atoms with Crippen molar-refractivity contribution in [1.29, 1.82) is 0 Å². The van der Waals surface area contributed by atoms with Gasteiger partial charge in [-0.2, -0.15) is 13.2 Å². The lowest BCUT2D eigenvalue weighted by Crippen LogP contribution is -2.21. The van der Waals surface area contributed by atoms with Gasteiger partial charge in [0.25, 0.3) is 5.91 Å². The van der Waals surface area contributed by atoms with E-state index in [0.717, 1.165) is 12.1 Å². The minimum atomic E-state index is -4.65. The molecule has 0 bridgehead atoms. The molecule has 1 N–H and O–H groups in total. The average molecular weight is 428 g/mol. The molecule has 4 nitrogen and oxygen atoms in total. The molecule has 144 valence electrons. The topological polar surface area (TPSA) is 55.4 Å². The molecule has 0 aromatic heterocycles. The molecule has 2 aromatic rings. The largest absolute Gasteiger partial charge is 0.452 e. The lowest BCUT2D eigenvalue weighted by atomic mass is 10.2. The van der Waals surface area contributed by atoms with Crippen LogP contribution >= 0.6 is 23.2 Å². The number of rotatable bonds is 4. The van der Waals surface area contributed by atoms with Crippen molar-refractivity contribution in [1.82, 2.24) is 0 Å². The summed E-state index contributed by atoms with van der Waals surface area (Å²) in [4.78, 5) is 23.6. The highest BCUT2D eigenvalue weighted by Crippen LogP contribution is 2.33. The maximum absolute atomic E-state index is 13.2. The Kier molecular flexibility index (Phi) is 6.27. The Labute approximate surface area is 158 Å². The third-order valence-corrected chi connectivity index (χ3v) is 3.77. The highest BCUT2D eigenvalue weighted by molar-refractivity contribution is 6.34. The van der Waals surface area contributed by atoms with E-state index in [0.29, 0.717) is 18.2 Å². The van der Waals surface area contributed by atoms with Crippen LogP contribution in [0.25, 0.3) is 0 Å². The second-order valence-electron chi connectivity index (χ2n) is 5.06. The zero-order valence-corrected chi connectivity index (χ0v) is 14.5. The second kappa shape index (κ2) is 8.10. The van der Waals surface area contributed by atoms with E-state index in [-0.39, 0.29) is 10.7 Å². The first kappa shape index (κ1) is 20.9. The molecular formula is C16H8Cl2F5NO3. The van der Waals surface area contributed by atoms with Gasteiger partial charge in [-0.05, 0) is 30.3 Å². The molecule has 0 heterocycles. The molecule has 0 fully saturated rings. The predicted molar refractivity (Wildman–Crippen MR) is 86.7 cm³/mol. The van der Waals surface area contributed by atoms with Crippen LogP contribution in [0.3, 0.4) is 0 Å². The summed E-state index contributed by atoms with van der Waals surface area (Å²) in [5, 5.41) is 1.43. The quantitative estimate of drug-likeness (QED) is 0.420. The summed E-state index contributed by atoms with van der Waals surface area (Å²) in [5.74, 6) is -4.88. The molecule has 11 heteroatoms. The van der Waals surface area contributed by atoms with Crippen molar-refractivity contribution in [3.8, 4) is 0 Å². The molecule has 0 aliphatic carbocycles. The van der Waals surface area contributed by atoms with E-state index in [1.807, 2.05) is 5.32 Å². The van der Waals surface area contributed by atoms with Crippen molar-refractivity contribution in [3.63, 3.8) is 0 Å². The van der Waals surface area contributed by atoms with Crippen LogP contribution in [0, 0.1) is 11.6 Å². The maximum Gasteiger partial charge on any atom is 0.416 e. The van der Waals surface area contributed by atoms with Crippen molar-refractivity contribution in [3.05, 3.63) is 63.1 Å². The number of amides is 1. The Morgan fingerprint density at radius 2 is 1.63 bits per heavy atom. The first-order valence-electron chi connectivity index (χ1n) is 6.97. The van der Waals surface area contributed by atoms with Gasteiger partial charge in [0, 0.05) is 0 Å². The number of hydrogen-bond donors (Lipinski definition) is 1. The van der Waals surface area contributed by atoms with Crippen LogP contribution in [0.4, 0.5) is 27.6 Å². The molecule has 0 aliphatic heterocycles. The Hall–Kier alpha value is -2.39. The Bertz CT molecular complexity index is 902. The molecule has 0 aliphatic rings. The number of carbonyl (C=O) groups excluding carboxylic acids is 2. The summed E-state index contributed by atoms with van der Waals surface area (Å²) >= 11 is 11.3. The number of ether oxygens (including phenoxy) is 1. The van der Waals surface area contributed by atoms with Crippen LogP contribution in [0.1, 0.15) is 15.9 Å². The summed E-state index contributed by atoms with van der Waals surface area (Å²) in [7, 11) is 0. The van der Waals surface area contributed by atoms with Gasteiger partial charge < -0.3 is 10.1 Å². The zero-order chi connectivity index (χ0) is 20.4. The van der Waals surface area contributed by atoms with Gasteiger partial charge in [-0.3, -0.25) is 4.79 Å². The van der Waals surface area contributed by atoms with Crippen molar-refractivity contribution in [2.24, 2.45) is 0 Å². The van der Waals surface area contributed by atoms with E-state index in [1.165, 1.54) is 0 Å². The van der Waals surface area contributed by atoms with E-state index in [1.54, 1.807) is 0 Å². The Morgan fingerprint density at radius 3 is 2.26 bits per heavy atom. The van der Waals surface area contributed by atoms with Gasteiger partial charge in [0.1, 0.15) is 0 Å². The molecule has 0 radical (unpaired) electrons. The third-order valence-electron chi connectivity index (χ3n) is 3.13. The van der Waals surface area contributed by atoms with Gasteiger partial charge in [-0.25, -0.2) is 13.6 Å². The van der Waals surface area contributed by atoms with Crippen LogP contribution < -0.4 is 5.32 Å². The number of benzene rings is 2. The van der Waals surface area contributed by atoms with E-state index >= 15 is 0 Å². The lowest BCUT2D eigenvalue weighted by molar-refractivity contribution is -0.137. The van der Waals surface area contributed by atoms with Gasteiger partial charge >= 0.3 is 12.1 Å². The van der Waals surface area contributed by atoms with Crippen molar-refractivity contribution >= 4 is 40.8 Å². The van der Waals surface area contributed by atoms with Crippen LogP contribution in [-0.2, 0) is 15.7 Å². The number of carbonyl (C=O) groups is 2. The maximum atomic E-state index is 13.2. The van der Waals surface area contributed by atoms with Gasteiger partial charge in [-0.15, -0.1) is 0 Å². The molecule has 0 saturated heterocycles. The zero-order valence-electron chi connectivity index (χ0n) is 13.0. The number of nitrogens with one attached hydrogen (secondary N) is 1. The number of anilines is 1. The van der Waals surface area contributed by atoms with E-state index < -0.39 is 52.4 Å². The molecule has 1 amide bonds. The molecule has 0 spiro atoms. The number of hydrogen-bond acceptors (Lipinski definition) is 3. The fourth-order valence-corrected chi connectivity index (χ4v) is 2.26. The predicted octanol–water partition coefficient (Wildman–Crippen LogP) is 5.09. The van der Waals surface area contributed by atoms with Crippen LogP contribution in [0.2, 0.25) is 10.0 Å². The first-order chi connectivity index (χ1) is 12.5. The molecule has 0 unspecified atom stereocenters. The van der Waals surface area contributed by atoms with Gasteiger partial charge in [0.2, 0.25) is 0 Å². The molecule has 0 saturated carbocycles. The summed E-state index contributed by atoms with van der Waals surface area (Å²) < 4.78 is 68.8. The van der Waals surface area contributed by atoms with Gasteiger partial charge in [0.05, 0.1) is 26.9 Å². The SMILES string of the molecule is O=C(COC(=O)c1cc(F)c(F)cc1Cl)Nc1cc(C(F)(F)F)ccc1Cl. The Balaban J connectivity index is 2.05. The summed E-state index contributed by atoms with van der Waals surface area (Å²) in [5.41, 5.74) is -1.92. The second-order valence-corrected chi connectivity index (χ2v) is 5.88. The van der Waals surface area contributed by atoms with E-state index in [4.69, 9.17) is 23.2 Å². The molecule has 2 aromatic carbocycles. The lowest BCUT2D eigenvalue weighted by Gasteiger charge is -2.12. The van der Waals surface area contributed by atoms with Crippen LogP contribution in [-0.4, -0.2) is 18.5 Å². The number of halogens is 7. The van der Waals surface area contributed by atoms with Crippen LogP contribution in [0.15, 0.2) is 30.3 Å². The summed E-state index contributed by atoms with van der Waals surface area (Å²) in [6.07, 6.45) is -4.65. The normalized spacial score (nSPS) is 11.2. The third kappa shape index (κ3) is 5.30. The fourth-order valence-electron chi connectivity index (χ4n) is 1.87. The van der Waals surface area contributed by atoms with E-state index in [9.17, 15) is 31.5 Å². The highest BCUT2D eigenvalue weighted by Gasteiger charge is 2.31. The van der Waals surface area contributed by atoms with Gasteiger partial charge in [0.15, 0.2) is 18.2 Å². The fraction of sp³-hybridized carbons (Fsp3) is 0.125. The molecular weight excluding hydrogens is 420 g/mol. The number of alkyl halides is 3. The molecule has 0 atom stereocenters. The monoisotopic (exact) mass is 427 g/mol. The van der Waals surface area contributed by atoms with Crippen molar-refractivity contribution < 1.29 is 36.3 Å². The van der Waals surface area contributed by atoms with Crippen molar-refractivity contribution in [2.45, 2.75) is 6.18 Å². The van der Waals surface area contributed by atoms with Gasteiger partial charge in [-0.1, -0.05) is 23.2 Å². The smallest absolute Gasteiger partial charge is 0.416 e. The highest BCUT2D eigenvalue weighted by atomic mass is 35.5. The number of esters is 1. The average Bonchev–Trinajstić information content (AvgIpc) is 2.57. The molecule has 27 heavy (non-hydrogen) atoms. The standard InChI is InChI=1S/C16H8Cl2F5NO3/c17-9-2-1-7(16(21,22)23)3-13(9)24-14(25)6-27-15(26)8-4-11(19)12(20)5-10(8)18/h1-5H,6H2,(H,24,25). The minimum Gasteiger partial charge on any atom is -0.452 e. The molecule has 2 rings (SSSR count). The van der Waals surface area contributed by atoms with E-state index in [2.05, 4.69) is 4.74 Å². The Morgan fingerprint density at radius 1 is 1.00 bits per heavy atom.